The summed E-state index contributed by atoms with van der Waals surface area (Å²) in [5.74, 6) is 0.626. The summed E-state index contributed by atoms with van der Waals surface area (Å²) in [6.07, 6.45) is 1.68. The standard InChI is InChI=1S/C12H22N4O2S/c1-4-6-10(11(17)18-5-2)19-12-15-14-9(3)16(12)8-7-13/h10H,4-8,13H2,1-3H3. The van der Waals surface area contributed by atoms with Crippen molar-refractivity contribution in [1.82, 2.24) is 14.8 Å². The van der Waals surface area contributed by atoms with Crippen molar-refractivity contribution in [2.24, 2.45) is 5.73 Å². The molecule has 0 fully saturated rings. The highest BCUT2D eigenvalue weighted by atomic mass is 32.2. The van der Waals surface area contributed by atoms with Crippen molar-refractivity contribution < 1.29 is 9.53 Å². The molecule has 0 bridgehead atoms. The number of aromatic nitrogens is 3. The van der Waals surface area contributed by atoms with Crippen molar-refractivity contribution >= 4 is 17.7 Å². The van der Waals surface area contributed by atoms with Crippen LogP contribution in [0.1, 0.15) is 32.5 Å². The first-order valence-electron chi connectivity index (χ1n) is 6.57. The van der Waals surface area contributed by atoms with Crippen molar-refractivity contribution in [3.05, 3.63) is 5.82 Å². The predicted octanol–water partition coefficient (Wildman–Crippen LogP) is 1.37. The molecule has 0 saturated carbocycles. The first kappa shape index (κ1) is 16.0. The van der Waals surface area contributed by atoms with Crippen LogP contribution in [-0.4, -0.2) is 39.1 Å². The van der Waals surface area contributed by atoms with Gasteiger partial charge in [0.2, 0.25) is 0 Å². The van der Waals surface area contributed by atoms with Crippen LogP contribution >= 0.6 is 11.8 Å². The van der Waals surface area contributed by atoms with Crippen LogP contribution in [0, 0.1) is 6.92 Å². The second-order valence-electron chi connectivity index (χ2n) is 4.12. The third kappa shape index (κ3) is 4.50. The molecule has 1 atom stereocenters. The lowest BCUT2D eigenvalue weighted by molar-refractivity contribution is -0.142. The number of nitrogens with zero attached hydrogens (tertiary/aromatic N) is 3. The van der Waals surface area contributed by atoms with E-state index in [1.165, 1.54) is 11.8 Å². The first-order valence-corrected chi connectivity index (χ1v) is 7.45. The molecule has 1 aromatic heterocycles. The van der Waals surface area contributed by atoms with E-state index in [1.54, 1.807) is 0 Å². The molecule has 108 valence electrons. The van der Waals surface area contributed by atoms with E-state index in [1.807, 2.05) is 25.3 Å². The number of nitrogens with two attached hydrogens (primary N) is 1. The van der Waals surface area contributed by atoms with Gasteiger partial charge in [0.25, 0.3) is 0 Å². The minimum Gasteiger partial charge on any atom is -0.465 e. The molecule has 0 aliphatic rings. The number of ether oxygens (including phenoxy) is 1. The molecule has 0 saturated heterocycles. The molecule has 0 aliphatic heterocycles. The molecule has 6 nitrogen and oxygen atoms in total. The number of carbonyl (C=O) groups excluding carboxylic acids is 1. The molecule has 0 aromatic carbocycles. The quantitative estimate of drug-likeness (QED) is 0.574. The highest BCUT2D eigenvalue weighted by molar-refractivity contribution is 8.00. The van der Waals surface area contributed by atoms with E-state index in [0.717, 1.165) is 23.8 Å². The minimum atomic E-state index is -0.231. The summed E-state index contributed by atoms with van der Waals surface area (Å²) in [4.78, 5) is 11.9. The Labute approximate surface area is 118 Å². The Morgan fingerprint density at radius 1 is 1.47 bits per heavy atom. The Balaban J connectivity index is 2.81. The van der Waals surface area contributed by atoms with Gasteiger partial charge in [0.05, 0.1) is 6.61 Å². The van der Waals surface area contributed by atoms with Gasteiger partial charge in [-0.3, -0.25) is 4.79 Å². The van der Waals surface area contributed by atoms with Gasteiger partial charge in [-0.1, -0.05) is 25.1 Å². The lowest BCUT2D eigenvalue weighted by atomic mass is 10.2. The number of aryl methyl sites for hydroxylation is 1. The summed E-state index contributed by atoms with van der Waals surface area (Å²) in [7, 11) is 0. The van der Waals surface area contributed by atoms with Crippen LogP contribution in [0.4, 0.5) is 0 Å². The number of esters is 1. The van der Waals surface area contributed by atoms with Crippen molar-refractivity contribution in [3.8, 4) is 0 Å². The van der Waals surface area contributed by atoms with Gasteiger partial charge in [0.1, 0.15) is 11.1 Å². The maximum absolute atomic E-state index is 11.9. The second-order valence-corrected chi connectivity index (χ2v) is 5.29. The summed E-state index contributed by atoms with van der Waals surface area (Å²) < 4.78 is 7.03. The van der Waals surface area contributed by atoms with Crippen LogP contribution in [-0.2, 0) is 16.1 Å². The number of hydrogen-bond acceptors (Lipinski definition) is 6. The van der Waals surface area contributed by atoms with Crippen LogP contribution < -0.4 is 5.73 Å². The van der Waals surface area contributed by atoms with Crippen molar-refractivity contribution in [2.75, 3.05) is 13.2 Å². The summed E-state index contributed by atoms with van der Waals surface area (Å²) in [5.41, 5.74) is 5.58. The smallest absolute Gasteiger partial charge is 0.319 e. The summed E-state index contributed by atoms with van der Waals surface area (Å²) in [5, 5.41) is 8.65. The van der Waals surface area contributed by atoms with Gasteiger partial charge in [-0.05, 0) is 20.3 Å². The molecule has 0 amide bonds. The van der Waals surface area contributed by atoms with Gasteiger partial charge in [0.15, 0.2) is 5.16 Å². The fourth-order valence-corrected chi connectivity index (χ4v) is 2.90. The molecular formula is C12H22N4O2S. The van der Waals surface area contributed by atoms with Crippen molar-refractivity contribution in [2.45, 2.75) is 50.6 Å². The largest absolute Gasteiger partial charge is 0.465 e. The van der Waals surface area contributed by atoms with E-state index >= 15 is 0 Å². The Hall–Kier alpha value is -1.08. The van der Waals surface area contributed by atoms with Crippen LogP contribution in [0.3, 0.4) is 0 Å². The van der Waals surface area contributed by atoms with Crippen LogP contribution in [0.15, 0.2) is 5.16 Å². The van der Waals surface area contributed by atoms with Gasteiger partial charge in [-0.25, -0.2) is 0 Å². The molecular weight excluding hydrogens is 264 g/mol. The summed E-state index contributed by atoms with van der Waals surface area (Å²) in [6.45, 7) is 7.31. The Kier molecular flexibility index (Phi) is 6.86. The molecule has 0 radical (unpaired) electrons. The predicted molar refractivity (Wildman–Crippen MR) is 75.0 cm³/mol. The van der Waals surface area contributed by atoms with E-state index < -0.39 is 0 Å². The zero-order valence-electron chi connectivity index (χ0n) is 11.8. The SMILES string of the molecule is CCCC(Sc1nnc(C)n1CCN)C(=O)OCC. The highest BCUT2D eigenvalue weighted by Gasteiger charge is 2.23. The lowest BCUT2D eigenvalue weighted by Gasteiger charge is -2.14. The number of thioether (sulfide) groups is 1. The number of rotatable bonds is 8. The van der Waals surface area contributed by atoms with E-state index in [9.17, 15) is 4.79 Å². The molecule has 2 N–H and O–H groups in total. The van der Waals surface area contributed by atoms with Gasteiger partial charge in [0, 0.05) is 13.1 Å². The zero-order valence-corrected chi connectivity index (χ0v) is 12.6. The van der Waals surface area contributed by atoms with Crippen LogP contribution in [0.2, 0.25) is 0 Å². The normalized spacial score (nSPS) is 12.4. The Morgan fingerprint density at radius 2 is 2.21 bits per heavy atom. The average molecular weight is 286 g/mol. The maximum Gasteiger partial charge on any atom is 0.319 e. The fourth-order valence-electron chi connectivity index (χ4n) is 1.68. The molecule has 1 rings (SSSR count). The van der Waals surface area contributed by atoms with E-state index in [4.69, 9.17) is 10.5 Å². The molecule has 0 aliphatic carbocycles. The van der Waals surface area contributed by atoms with Gasteiger partial charge in [-0.15, -0.1) is 10.2 Å². The monoisotopic (exact) mass is 286 g/mol. The van der Waals surface area contributed by atoms with E-state index in [-0.39, 0.29) is 11.2 Å². The maximum atomic E-state index is 11.9. The molecule has 19 heavy (non-hydrogen) atoms. The number of hydrogen-bond donors (Lipinski definition) is 1. The Morgan fingerprint density at radius 3 is 2.79 bits per heavy atom. The third-order valence-corrected chi connectivity index (χ3v) is 3.83. The minimum absolute atomic E-state index is 0.186. The molecule has 1 aromatic rings. The van der Waals surface area contributed by atoms with E-state index in [2.05, 4.69) is 10.2 Å². The number of carbonyl (C=O) groups is 1. The molecule has 0 spiro atoms. The summed E-state index contributed by atoms with van der Waals surface area (Å²) >= 11 is 1.41. The van der Waals surface area contributed by atoms with Crippen LogP contribution in [0.25, 0.3) is 0 Å². The topological polar surface area (TPSA) is 83.0 Å². The third-order valence-electron chi connectivity index (χ3n) is 2.60. The molecule has 1 heterocycles. The first-order chi connectivity index (χ1) is 9.13. The van der Waals surface area contributed by atoms with Crippen LogP contribution in [0.5, 0.6) is 0 Å². The second kappa shape index (κ2) is 8.16. The average Bonchev–Trinajstić information content (AvgIpc) is 2.72. The highest BCUT2D eigenvalue weighted by Crippen LogP contribution is 2.26. The van der Waals surface area contributed by atoms with Gasteiger partial charge < -0.3 is 15.0 Å². The molecule has 7 heteroatoms. The van der Waals surface area contributed by atoms with Crippen molar-refractivity contribution in [3.63, 3.8) is 0 Å². The molecule has 1 unspecified atom stereocenters. The van der Waals surface area contributed by atoms with E-state index in [0.29, 0.717) is 19.7 Å². The van der Waals surface area contributed by atoms with Gasteiger partial charge >= 0.3 is 5.97 Å². The fraction of sp³-hybridized carbons (Fsp3) is 0.750. The summed E-state index contributed by atoms with van der Waals surface area (Å²) in [6, 6.07) is 0. The zero-order chi connectivity index (χ0) is 14.3. The Bertz CT molecular complexity index is 408. The van der Waals surface area contributed by atoms with Crippen molar-refractivity contribution in [1.29, 1.82) is 0 Å². The van der Waals surface area contributed by atoms with Gasteiger partial charge in [-0.2, -0.15) is 0 Å². The lowest BCUT2D eigenvalue weighted by Crippen LogP contribution is -2.21.